The molecule has 0 unspecified atom stereocenters. The summed E-state index contributed by atoms with van der Waals surface area (Å²) in [5, 5.41) is 11.4. The summed E-state index contributed by atoms with van der Waals surface area (Å²) in [6, 6.07) is 0.0750. The molecule has 0 aromatic carbocycles. The maximum atomic E-state index is 12.2. The lowest BCUT2D eigenvalue weighted by Gasteiger charge is -2.33. The second-order valence-electron chi connectivity index (χ2n) is 5.77. The Morgan fingerprint density at radius 1 is 1.33 bits per heavy atom. The molecule has 0 radical (unpaired) electrons. The maximum Gasteiger partial charge on any atom is 0.318 e. The number of aryl methyl sites for hydroxylation is 1. The number of morpholine rings is 1. The minimum atomic E-state index is -0.0447. The molecule has 7 nitrogen and oxygen atoms in total. The van der Waals surface area contributed by atoms with Crippen LogP contribution in [0.5, 0.6) is 0 Å². The third kappa shape index (κ3) is 3.18. The SMILES string of the molecule is C[C@@H]1COCCN1C(=O)NCc1nnc2n1CCCCC2. The van der Waals surface area contributed by atoms with E-state index >= 15 is 0 Å². The molecule has 2 aliphatic heterocycles. The van der Waals surface area contributed by atoms with Gasteiger partial charge < -0.3 is 19.5 Å². The molecule has 0 aliphatic carbocycles. The highest BCUT2D eigenvalue weighted by Gasteiger charge is 2.24. The zero-order valence-electron chi connectivity index (χ0n) is 12.5. The summed E-state index contributed by atoms with van der Waals surface area (Å²) in [4.78, 5) is 14.1. The number of rotatable bonds is 2. The number of hydrogen-bond acceptors (Lipinski definition) is 4. The summed E-state index contributed by atoms with van der Waals surface area (Å²) in [7, 11) is 0. The van der Waals surface area contributed by atoms with Gasteiger partial charge in [0.25, 0.3) is 0 Å². The molecular weight excluding hydrogens is 270 g/mol. The second-order valence-corrected chi connectivity index (χ2v) is 5.77. The highest BCUT2D eigenvalue weighted by atomic mass is 16.5. The van der Waals surface area contributed by atoms with E-state index in [1.165, 1.54) is 12.8 Å². The largest absolute Gasteiger partial charge is 0.377 e. The van der Waals surface area contributed by atoms with Gasteiger partial charge in [-0.3, -0.25) is 0 Å². The van der Waals surface area contributed by atoms with Crippen molar-refractivity contribution in [3.63, 3.8) is 0 Å². The van der Waals surface area contributed by atoms with Crippen LogP contribution in [-0.2, 0) is 24.2 Å². The summed E-state index contributed by atoms with van der Waals surface area (Å²) in [5.41, 5.74) is 0. The number of carbonyl (C=O) groups is 1. The van der Waals surface area contributed by atoms with E-state index in [1.807, 2.05) is 11.8 Å². The fourth-order valence-corrected chi connectivity index (χ4v) is 2.96. The summed E-state index contributed by atoms with van der Waals surface area (Å²) < 4.78 is 7.52. The molecule has 0 saturated carbocycles. The van der Waals surface area contributed by atoms with E-state index in [0.717, 1.165) is 31.0 Å². The van der Waals surface area contributed by atoms with Crippen molar-refractivity contribution in [3.8, 4) is 0 Å². The topological polar surface area (TPSA) is 72.3 Å². The molecule has 3 heterocycles. The Bertz CT molecular complexity index is 502. The van der Waals surface area contributed by atoms with E-state index in [-0.39, 0.29) is 12.1 Å². The molecule has 116 valence electrons. The van der Waals surface area contributed by atoms with Crippen LogP contribution in [0.3, 0.4) is 0 Å². The van der Waals surface area contributed by atoms with Gasteiger partial charge in [-0.15, -0.1) is 10.2 Å². The molecule has 1 aromatic heterocycles. The highest BCUT2D eigenvalue weighted by molar-refractivity contribution is 5.74. The monoisotopic (exact) mass is 293 g/mol. The van der Waals surface area contributed by atoms with E-state index in [0.29, 0.717) is 26.3 Å². The van der Waals surface area contributed by atoms with Gasteiger partial charge >= 0.3 is 6.03 Å². The van der Waals surface area contributed by atoms with Gasteiger partial charge in [-0.2, -0.15) is 0 Å². The average molecular weight is 293 g/mol. The number of aromatic nitrogens is 3. The number of hydrogen-bond donors (Lipinski definition) is 1. The lowest BCUT2D eigenvalue weighted by atomic mass is 10.2. The average Bonchev–Trinajstić information content (AvgIpc) is 2.72. The zero-order chi connectivity index (χ0) is 14.7. The van der Waals surface area contributed by atoms with Crippen LogP contribution >= 0.6 is 0 Å². The quantitative estimate of drug-likeness (QED) is 0.880. The zero-order valence-corrected chi connectivity index (χ0v) is 12.5. The number of ether oxygens (including phenoxy) is 1. The normalized spacial score (nSPS) is 22.5. The Morgan fingerprint density at radius 2 is 2.24 bits per heavy atom. The van der Waals surface area contributed by atoms with Gasteiger partial charge in [-0.1, -0.05) is 6.42 Å². The van der Waals surface area contributed by atoms with Gasteiger partial charge in [-0.05, 0) is 19.8 Å². The van der Waals surface area contributed by atoms with Gasteiger partial charge in [-0.25, -0.2) is 4.79 Å². The highest BCUT2D eigenvalue weighted by Crippen LogP contribution is 2.14. The van der Waals surface area contributed by atoms with Crippen molar-refractivity contribution >= 4 is 6.03 Å². The predicted octanol–water partition coefficient (Wildman–Crippen LogP) is 0.935. The fourth-order valence-electron chi connectivity index (χ4n) is 2.96. The first-order valence-corrected chi connectivity index (χ1v) is 7.79. The van der Waals surface area contributed by atoms with Crippen LogP contribution in [-0.4, -0.2) is 51.5 Å². The minimum Gasteiger partial charge on any atom is -0.377 e. The standard InChI is InChI=1S/C14H23N5O2/c1-11-10-21-8-7-18(11)14(20)15-9-13-17-16-12-5-3-2-4-6-19(12)13/h11H,2-10H2,1H3,(H,15,20)/t11-/m1/s1. The van der Waals surface area contributed by atoms with Crippen LogP contribution in [0.1, 0.15) is 37.8 Å². The number of carbonyl (C=O) groups excluding carboxylic acids is 1. The summed E-state index contributed by atoms with van der Waals surface area (Å²) >= 11 is 0. The lowest BCUT2D eigenvalue weighted by Crippen LogP contribution is -2.51. The first-order chi connectivity index (χ1) is 10.3. The summed E-state index contributed by atoms with van der Waals surface area (Å²) in [6.45, 7) is 5.26. The van der Waals surface area contributed by atoms with Crippen molar-refractivity contribution in [2.45, 2.75) is 51.7 Å². The molecule has 2 amide bonds. The van der Waals surface area contributed by atoms with E-state index in [2.05, 4.69) is 20.1 Å². The van der Waals surface area contributed by atoms with Crippen molar-refractivity contribution in [2.24, 2.45) is 0 Å². The predicted molar refractivity (Wildman–Crippen MR) is 76.8 cm³/mol. The summed E-state index contributed by atoms with van der Waals surface area (Å²) in [6.07, 6.45) is 4.56. The number of nitrogens with one attached hydrogen (secondary N) is 1. The third-order valence-corrected chi connectivity index (χ3v) is 4.21. The molecule has 0 spiro atoms. The van der Waals surface area contributed by atoms with Crippen LogP contribution in [0.25, 0.3) is 0 Å². The maximum absolute atomic E-state index is 12.2. The Morgan fingerprint density at radius 3 is 3.10 bits per heavy atom. The van der Waals surface area contributed by atoms with Crippen molar-refractivity contribution in [1.82, 2.24) is 25.0 Å². The molecule has 3 rings (SSSR count). The van der Waals surface area contributed by atoms with Crippen molar-refractivity contribution in [3.05, 3.63) is 11.6 Å². The number of amides is 2. The molecule has 0 bridgehead atoms. The van der Waals surface area contributed by atoms with Gasteiger partial charge in [0.15, 0.2) is 5.82 Å². The van der Waals surface area contributed by atoms with Crippen molar-refractivity contribution in [2.75, 3.05) is 19.8 Å². The van der Waals surface area contributed by atoms with Gasteiger partial charge in [0.05, 0.1) is 25.8 Å². The van der Waals surface area contributed by atoms with Crippen LogP contribution in [0.4, 0.5) is 4.79 Å². The molecule has 1 saturated heterocycles. The van der Waals surface area contributed by atoms with Crippen molar-refractivity contribution < 1.29 is 9.53 Å². The van der Waals surface area contributed by atoms with Gasteiger partial charge in [0, 0.05) is 19.5 Å². The smallest absolute Gasteiger partial charge is 0.318 e. The van der Waals surface area contributed by atoms with Crippen LogP contribution in [0.15, 0.2) is 0 Å². The molecule has 2 aliphatic rings. The minimum absolute atomic E-state index is 0.0447. The first kappa shape index (κ1) is 14.3. The number of nitrogens with zero attached hydrogens (tertiary/aromatic N) is 4. The second kappa shape index (κ2) is 6.43. The van der Waals surface area contributed by atoms with Crippen LogP contribution in [0, 0.1) is 0 Å². The van der Waals surface area contributed by atoms with E-state index in [9.17, 15) is 4.79 Å². The third-order valence-electron chi connectivity index (χ3n) is 4.21. The number of urea groups is 1. The van der Waals surface area contributed by atoms with Gasteiger partial charge in [0.2, 0.25) is 0 Å². The van der Waals surface area contributed by atoms with Crippen LogP contribution in [0.2, 0.25) is 0 Å². The fraction of sp³-hybridized carbons (Fsp3) is 0.786. The Labute approximate surface area is 124 Å². The van der Waals surface area contributed by atoms with Gasteiger partial charge in [0.1, 0.15) is 5.82 Å². The van der Waals surface area contributed by atoms with E-state index < -0.39 is 0 Å². The summed E-state index contributed by atoms with van der Waals surface area (Å²) in [5.74, 6) is 1.91. The Hall–Kier alpha value is -1.63. The van der Waals surface area contributed by atoms with Crippen LogP contribution < -0.4 is 5.32 Å². The Kier molecular flexibility index (Phi) is 4.38. The molecule has 1 N–H and O–H groups in total. The molecule has 1 fully saturated rings. The molecule has 1 atom stereocenters. The molecule has 1 aromatic rings. The van der Waals surface area contributed by atoms with E-state index in [4.69, 9.17) is 4.74 Å². The van der Waals surface area contributed by atoms with E-state index in [1.54, 1.807) is 0 Å². The molecule has 7 heteroatoms. The first-order valence-electron chi connectivity index (χ1n) is 7.79. The molecular formula is C14H23N5O2. The lowest BCUT2D eigenvalue weighted by molar-refractivity contribution is 0.0189. The van der Waals surface area contributed by atoms with Crippen molar-refractivity contribution in [1.29, 1.82) is 0 Å². The number of fused-ring (bicyclic) bond motifs is 1. The Balaban J connectivity index is 1.60. The molecule has 21 heavy (non-hydrogen) atoms.